The Hall–Kier alpha value is -2.01. The second-order valence-corrected chi connectivity index (χ2v) is 4.46. The Balaban J connectivity index is 2.42. The first-order valence-electron chi connectivity index (χ1n) is 6.63. The van der Waals surface area contributed by atoms with Crippen molar-refractivity contribution in [2.24, 2.45) is 0 Å². The van der Waals surface area contributed by atoms with Gasteiger partial charge in [0, 0.05) is 18.3 Å². The highest BCUT2D eigenvalue weighted by Crippen LogP contribution is 2.36. The molecular weight excluding hydrogens is 256 g/mol. The minimum absolute atomic E-state index is 0.548. The van der Waals surface area contributed by atoms with Crippen molar-refractivity contribution in [3.63, 3.8) is 0 Å². The van der Waals surface area contributed by atoms with Crippen LogP contribution in [0.2, 0.25) is 0 Å². The summed E-state index contributed by atoms with van der Waals surface area (Å²) < 4.78 is 12.4. The zero-order chi connectivity index (χ0) is 14.5. The van der Waals surface area contributed by atoms with E-state index in [1.165, 1.54) is 0 Å². The van der Waals surface area contributed by atoms with Crippen LogP contribution in [0.15, 0.2) is 30.5 Å². The molecule has 0 radical (unpaired) electrons. The average molecular weight is 276 g/mol. The lowest BCUT2D eigenvalue weighted by atomic mass is 10.0. The second-order valence-electron chi connectivity index (χ2n) is 4.46. The molecule has 0 spiro atoms. The van der Waals surface area contributed by atoms with Crippen LogP contribution in [0.3, 0.4) is 0 Å². The van der Waals surface area contributed by atoms with Crippen LogP contribution in [0.4, 0.5) is 0 Å². The number of methoxy groups -OCH3 is 2. The molecule has 2 rings (SSSR count). The van der Waals surface area contributed by atoms with E-state index in [9.17, 15) is 5.11 Å². The van der Waals surface area contributed by atoms with E-state index in [-0.39, 0.29) is 0 Å². The number of nitrogens with zero attached hydrogens (tertiary/aromatic N) is 2. The smallest absolute Gasteiger partial charge is 0.166 e. The minimum atomic E-state index is -0.797. The number of ether oxygens (including phenoxy) is 2. The van der Waals surface area contributed by atoms with Crippen molar-refractivity contribution >= 4 is 0 Å². The largest absolute Gasteiger partial charge is 0.493 e. The summed E-state index contributed by atoms with van der Waals surface area (Å²) in [5.74, 6) is 1.15. The van der Waals surface area contributed by atoms with Crippen LogP contribution in [0, 0.1) is 0 Å². The van der Waals surface area contributed by atoms with E-state index in [1.54, 1.807) is 26.5 Å². The Morgan fingerprint density at radius 2 is 2.05 bits per heavy atom. The fourth-order valence-electron chi connectivity index (χ4n) is 2.26. The lowest BCUT2D eigenvalue weighted by Gasteiger charge is -2.18. The summed E-state index contributed by atoms with van der Waals surface area (Å²) in [6.45, 7) is 2.84. The number of hydrogen-bond donors (Lipinski definition) is 1. The predicted molar refractivity (Wildman–Crippen MR) is 76.1 cm³/mol. The number of benzene rings is 1. The molecule has 1 atom stereocenters. The highest BCUT2D eigenvalue weighted by atomic mass is 16.5. The maximum atomic E-state index is 10.6. The molecule has 5 heteroatoms. The van der Waals surface area contributed by atoms with Gasteiger partial charge in [0.05, 0.1) is 19.9 Å². The zero-order valence-corrected chi connectivity index (χ0v) is 12.0. The summed E-state index contributed by atoms with van der Waals surface area (Å²) in [6.07, 6.45) is 1.85. The van der Waals surface area contributed by atoms with Crippen LogP contribution in [0.5, 0.6) is 11.5 Å². The molecule has 5 nitrogen and oxygen atoms in total. The molecule has 0 saturated carbocycles. The molecule has 108 valence electrons. The summed E-state index contributed by atoms with van der Waals surface area (Å²) in [6, 6.07) is 7.29. The molecule has 0 aliphatic heterocycles. The van der Waals surface area contributed by atoms with Crippen molar-refractivity contribution in [2.75, 3.05) is 14.2 Å². The molecule has 1 aromatic heterocycles. The van der Waals surface area contributed by atoms with Crippen LogP contribution in [0.25, 0.3) is 0 Å². The first-order chi connectivity index (χ1) is 9.72. The Kier molecular flexibility index (Phi) is 4.63. The van der Waals surface area contributed by atoms with Gasteiger partial charge in [-0.3, -0.25) is 4.68 Å². The monoisotopic (exact) mass is 276 g/mol. The summed E-state index contributed by atoms with van der Waals surface area (Å²) in [5.41, 5.74) is 1.42. The molecule has 2 aromatic rings. The van der Waals surface area contributed by atoms with Crippen molar-refractivity contribution in [2.45, 2.75) is 26.0 Å². The van der Waals surface area contributed by atoms with Gasteiger partial charge in [0.15, 0.2) is 11.5 Å². The fourth-order valence-corrected chi connectivity index (χ4v) is 2.26. The molecule has 0 saturated heterocycles. The molecule has 0 bridgehead atoms. The van der Waals surface area contributed by atoms with E-state index in [2.05, 4.69) is 12.0 Å². The summed E-state index contributed by atoms with van der Waals surface area (Å²) in [5, 5.41) is 14.9. The number of rotatable bonds is 6. The van der Waals surface area contributed by atoms with Gasteiger partial charge in [0.25, 0.3) is 0 Å². The van der Waals surface area contributed by atoms with Crippen LogP contribution in [-0.4, -0.2) is 29.1 Å². The van der Waals surface area contributed by atoms with Gasteiger partial charge in [-0.1, -0.05) is 19.1 Å². The van der Waals surface area contributed by atoms with Gasteiger partial charge in [-0.15, -0.1) is 0 Å². The van der Waals surface area contributed by atoms with Crippen molar-refractivity contribution in [3.05, 3.63) is 41.7 Å². The number of aromatic nitrogens is 2. The van der Waals surface area contributed by atoms with Crippen LogP contribution >= 0.6 is 0 Å². The number of aryl methyl sites for hydroxylation is 1. The summed E-state index contributed by atoms with van der Waals surface area (Å²) >= 11 is 0. The van der Waals surface area contributed by atoms with Crippen molar-refractivity contribution in [1.29, 1.82) is 0 Å². The van der Waals surface area contributed by atoms with Crippen LogP contribution in [-0.2, 0) is 6.54 Å². The molecule has 1 unspecified atom stereocenters. The van der Waals surface area contributed by atoms with E-state index in [0.29, 0.717) is 17.1 Å². The molecule has 1 heterocycles. The summed E-state index contributed by atoms with van der Waals surface area (Å²) in [7, 11) is 3.15. The van der Waals surface area contributed by atoms with E-state index in [1.807, 2.05) is 22.9 Å². The fraction of sp³-hybridized carbons (Fsp3) is 0.400. The quantitative estimate of drug-likeness (QED) is 0.880. The second kappa shape index (κ2) is 6.43. The standard InChI is InChI=1S/C15H20N2O3/c1-4-10-17-12(8-9-16-17)14(18)11-6-5-7-13(19-2)15(11)20-3/h5-9,14,18H,4,10H2,1-3H3. The van der Waals surface area contributed by atoms with Gasteiger partial charge < -0.3 is 14.6 Å². The van der Waals surface area contributed by atoms with Crippen molar-refractivity contribution in [1.82, 2.24) is 9.78 Å². The molecular formula is C15H20N2O3. The molecule has 20 heavy (non-hydrogen) atoms. The van der Waals surface area contributed by atoms with Gasteiger partial charge in [0.1, 0.15) is 6.10 Å². The lowest BCUT2D eigenvalue weighted by molar-refractivity contribution is 0.201. The molecule has 0 aliphatic rings. The topological polar surface area (TPSA) is 56.5 Å². The van der Waals surface area contributed by atoms with E-state index in [0.717, 1.165) is 18.7 Å². The van der Waals surface area contributed by atoms with Crippen molar-refractivity contribution in [3.8, 4) is 11.5 Å². The number of para-hydroxylation sites is 1. The molecule has 0 fully saturated rings. The van der Waals surface area contributed by atoms with Gasteiger partial charge >= 0.3 is 0 Å². The van der Waals surface area contributed by atoms with E-state index >= 15 is 0 Å². The number of aliphatic hydroxyl groups excluding tert-OH is 1. The average Bonchev–Trinajstić information content (AvgIpc) is 2.94. The summed E-state index contributed by atoms with van der Waals surface area (Å²) in [4.78, 5) is 0. The highest BCUT2D eigenvalue weighted by molar-refractivity contribution is 5.49. The highest BCUT2D eigenvalue weighted by Gasteiger charge is 2.21. The predicted octanol–water partition coefficient (Wildman–Crippen LogP) is 2.39. The van der Waals surface area contributed by atoms with Gasteiger partial charge in [0.2, 0.25) is 0 Å². The minimum Gasteiger partial charge on any atom is -0.493 e. The maximum absolute atomic E-state index is 10.6. The zero-order valence-electron chi connectivity index (χ0n) is 12.0. The van der Waals surface area contributed by atoms with Crippen LogP contribution in [0.1, 0.15) is 30.7 Å². The third-order valence-electron chi connectivity index (χ3n) is 3.19. The SMILES string of the molecule is CCCn1nccc1C(O)c1cccc(OC)c1OC. The normalized spacial score (nSPS) is 12.2. The Morgan fingerprint density at radius 1 is 1.25 bits per heavy atom. The molecule has 0 amide bonds. The Labute approximate surface area is 118 Å². The lowest BCUT2D eigenvalue weighted by Crippen LogP contribution is -2.11. The number of aliphatic hydroxyl groups is 1. The van der Waals surface area contributed by atoms with E-state index in [4.69, 9.17) is 9.47 Å². The Bertz CT molecular complexity index is 566. The first-order valence-corrected chi connectivity index (χ1v) is 6.63. The third kappa shape index (κ3) is 2.63. The Morgan fingerprint density at radius 3 is 2.70 bits per heavy atom. The number of hydrogen-bond acceptors (Lipinski definition) is 4. The van der Waals surface area contributed by atoms with Gasteiger partial charge in [-0.05, 0) is 18.6 Å². The van der Waals surface area contributed by atoms with Gasteiger partial charge in [-0.25, -0.2) is 0 Å². The van der Waals surface area contributed by atoms with Crippen LogP contribution < -0.4 is 9.47 Å². The van der Waals surface area contributed by atoms with Crippen molar-refractivity contribution < 1.29 is 14.6 Å². The first kappa shape index (κ1) is 14.4. The van der Waals surface area contributed by atoms with Gasteiger partial charge in [-0.2, -0.15) is 5.10 Å². The van der Waals surface area contributed by atoms with E-state index < -0.39 is 6.10 Å². The molecule has 0 aliphatic carbocycles. The third-order valence-corrected chi connectivity index (χ3v) is 3.19. The molecule has 1 N–H and O–H groups in total. The maximum Gasteiger partial charge on any atom is 0.166 e. The molecule has 1 aromatic carbocycles.